The highest BCUT2D eigenvalue weighted by Gasteiger charge is 2.33. The van der Waals surface area contributed by atoms with Crippen LogP contribution >= 0.6 is 0 Å². The second-order valence-electron chi connectivity index (χ2n) is 6.11. The summed E-state index contributed by atoms with van der Waals surface area (Å²) in [5.74, 6) is 1.26. The van der Waals surface area contributed by atoms with Gasteiger partial charge in [0.15, 0.2) is 0 Å². The van der Waals surface area contributed by atoms with Gasteiger partial charge < -0.3 is 24.8 Å². The normalized spacial score (nSPS) is 20.3. The first-order chi connectivity index (χ1) is 12.3. The predicted octanol–water partition coefficient (Wildman–Crippen LogP) is -0.256. The number of H-pyrrole nitrogens is 1. The Hall–Kier alpha value is -2.68. The summed E-state index contributed by atoms with van der Waals surface area (Å²) in [7, 11) is 1.59. The molecular weight excluding hydrogens is 322 g/mol. The third-order valence-electron chi connectivity index (χ3n) is 4.70. The van der Waals surface area contributed by atoms with Gasteiger partial charge in [-0.15, -0.1) is 0 Å². The molecule has 0 saturated carbocycles. The summed E-state index contributed by atoms with van der Waals surface area (Å²) < 4.78 is 5.15. The molecule has 2 aliphatic rings. The Bertz CT molecular complexity index is 754. The lowest BCUT2D eigenvalue weighted by Crippen LogP contribution is -2.52. The van der Waals surface area contributed by atoms with Gasteiger partial charge in [0.2, 0.25) is 17.7 Å². The van der Waals surface area contributed by atoms with E-state index >= 15 is 0 Å². The Labute approximate surface area is 145 Å². The van der Waals surface area contributed by atoms with Crippen molar-refractivity contribution < 1.29 is 9.53 Å². The van der Waals surface area contributed by atoms with E-state index in [9.17, 15) is 4.79 Å². The number of hydrogen-bond donors (Lipinski definition) is 2. The molecule has 4 rings (SSSR count). The molecule has 2 aromatic rings. The van der Waals surface area contributed by atoms with E-state index in [1.54, 1.807) is 25.7 Å². The predicted molar refractivity (Wildman–Crippen MR) is 90.4 cm³/mol. The Morgan fingerprint density at radius 3 is 2.92 bits per heavy atom. The highest BCUT2D eigenvalue weighted by atomic mass is 16.5. The third-order valence-corrected chi connectivity index (χ3v) is 4.70. The first-order valence-electron chi connectivity index (χ1n) is 8.42. The van der Waals surface area contributed by atoms with Gasteiger partial charge in [-0.25, -0.2) is 9.97 Å². The van der Waals surface area contributed by atoms with Crippen molar-refractivity contribution in [2.45, 2.75) is 12.5 Å². The van der Waals surface area contributed by atoms with Crippen LogP contribution in [0.15, 0.2) is 18.6 Å². The molecule has 0 bridgehead atoms. The van der Waals surface area contributed by atoms with Crippen molar-refractivity contribution >= 4 is 11.9 Å². The van der Waals surface area contributed by atoms with E-state index in [1.807, 2.05) is 4.90 Å². The number of methoxy groups -OCH3 is 1. The number of rotatable bonds is 3. The minimum absolute atomic E-state index is 0.0826. The number of anilines is 1. The van der Waals surface area contributed by atoms with Crippen LogP contribution < -0.4 is 15.0 Å². The second kappa shape index (κ2) is 6.67. The number of aromatic nitrogens is 4. The lowest BCUT2D eigenvalue weighted by atomic mass is 10.0. The van der Waals surface area contributed by atoms with E-state index in [0.29, 0.717) is 38.0 Å². The van der Waals surface area contributed by atoms with Gasteiger partial charge in [0.1, 0.15) is 6.04 Å². The fourth-order valence-electron chi connectivity index (χ4n) is 3.33. The van der Waals surface area contributed by atoms with Crippen molar-refractivity contribution in [2.75, 3.05) is 44.7 Å². The van der Waals surface area contributed by atoms with Crippen LogP contribution in [0.25, 0.3) is 0 Å². The molecule has 9 heteroatoms. The minimum atomic E-state index is -0.352. The van der Waals surface area contributed by atoms with E-state index in [-0.39, 0.29) is 11.9 Å². The van der Waals surface area contributed by atoms with Gasteiger partial charge in [0.05, 0.1) is 19.1 Å². The van der Waals surface area contributed by atoms with Crippen LogP contribution in [0.4, 0.5) is 5.95 Å². The maximum Gasteiger partial charge on any atom is 0.246 e. The molecule has 0 radical (unpaired) electrons. The molecule has 0 spiro atoms. The SMILES string of the molecule is COc1ccnc(N2CCN(C(=O)C3NCCc4[nH]cnc43)CC2)n1. The van der Waals surface area contributed by atoms with E-state index in [4.69, 9.17) is 4.74 Å². The zero-order valence-corrected chi connectivity index (χ0v) is 14.1. The first kappa shape index (κ1) is 15.8. The Morgan fingerprint density at radius 2 is 2.12 bits per heavy atom. The van der Waals surface area contributed by atoms with Gasteiger partial charge in [-0.05, 0) is 0 Å². The quantitative estimate of drug-likeness (QED) is 0.792. The maximum atomic E-state index is 12.9. The van der Waals surface area contributed by atoms with Crippen molar-refractivity contribution in [3.05, 3.63) is 30.0 Å². The molecule has 1 saturated heterocycles. The average molecular weight is 343 g/mol. The van der Waals surface area contributed by atoms with E-state index in [2.05, 4.69) is 30.2 Å². The maximum absolute atomic E-state index is 12.9. The summed E-state index contributed by atoms with van der Waals surface area (Å²) in [6, 6.07) is 1.37. The molecule has 1 atom stereocenters. The number of carbonyl (C=O) groups excluding carboxylic acids is 1. The van der Waals surface area contributed by atoms with Crippen molar-refractivity contribution in [2.24, 2.45) is 0 Å². The lowest BCUT2D eigenvalue weighted by molar-refractivity contribution is -0.134. The van der Waals surface area contributed by atoms with Crippen LogP contribution in [0.3, 0.4) is 0 Å². The van der Waals surface area contributed by atoms with Gasteiger partial charge >= 0.3 is 0 Å². The largest absolute Gasteiger partial charge is 0.481 e. The number of nitrogens with zero attached hydrogens (tertiary/aromatic N) is 5. The molecule has 0 aliphatic carbocycles. The molecule has 1 amide bonds. The number of ether oxygens (including phenoxy) is 1. The van der Waals surface area contributed by atoms with Gasteiger partial charge in [0, 0.05) is 57.1 Å². The molecule has 1 unspecified atom stereocenters. The monoisotopic (exact) mass is 343 g/mol. The number of fused-ring (bicyclic) bond motifs is 1. The van der Waals surface area contributed by atoms with Crippen LogP contribution in [0.5, 0.6) is 5.88 Å². The van der Waals surface area contributed by atoms with Crippen LogP contribution in [0.1, 0.15) is 17.4 Å². The summed E-state index contributed by atoms with van der Waals surface area (Å²) in [6.07, 6.45) is 4.22. The molecule has 0 aromatic carbocycles. The fourth-order valence-corrected chi connectivity index (χ4v) is 3.33. The number of piperazine rings is 1. The third kappa shape index (κ3) is 3.02. The molecule has 132 valence electrons. The van der Waals surface area contributed by atoms with Crippen LogP contribution in [0.2, 0.25) is 0 Å². The zero-order valence-electron chi connectivity index (χ0n) is 14.1. The number of nitrogens with one attached hydrogen (secondary N) is 2. The smallest absolute Gasteiger partial charge is 0.246 e. The van der Waals surface area contributed by atoms with Gasteiger partial charge in [-0.2, -0.15) is 4.98 Å². The van der Waals surface area contributed by atoms with Crippen LogP contribution in [0, 0.1) is 0 Å². The summed E-state index contributed by atoms with van der Waals surface area (Å²) in [6.45, 7) is 3.44. The summed E-state index contributed by atoms with van der Waals surface area (Å²) >= 11 is 0. The molecular formula is C16H21N7O2. The van der Waals surface area contributed by atoms with Gasteiger partial charge in [-0.1, -0.05) is 0 Å². The van der Waals surface area contributed by atoms with Crippen molar-refractivity contribution in [3.8, 4) is 5.88 Å². The zero-order chi connectivity index (χ0) is 17.2. The lowest BCUT2D eigenvalue weighted by Gasteiger charge is -2.37. The highest BCUT2D eigenvalue weighted by molar-refractivity contribution is 5.83. The summed E-state index contributed by atoms with van der Waals surface area (Å²) in [5.41, 5.74) is 1.88. The number of hydrogen-bond acceptors (Lipinski definition) is 7. The number of amides is 1. The molecule has 1 fully saturated rings. The Balaban J connectivity index is 1.41. The highest BCUT2D eigenvalue weighted by Crippen LogP contribution is 2.22. The van der Waals surface area contributed by atoms with E-state index < -0.39 is 0 Å². The topological polar surface area (TPSA) is 99.3 Å². The minimum Gasteiger partial charge on any atom is -0.481 e. The second-order valence-corrected chi connectivity index (χ2v) is 6.11. The summed E-state index contributed by atoms with van der Waals surface area (Å²) in [4.78, 5) is 33.0. The summed E-state index contributed by atoms with van der Waals surface area (Å²) in [5, 5.41) is 3.29. The molecule has 2 N–H and O–H groups in total. The van der Waals surface area contributed by atoms with E-state index in [1.165, 1.54) is 0 Å². The Kier molecular flexibility index (Phi) is 4.22. The molecule has 9 nitrogen and oxygen atoms in total. The number of aromatic amines is 1. The molecule has 2 aromatic heterocycles. The molecule has 4 heterocycles. The van der Waals surface area contributed by atoms with Crippen molar-refractivity contribution in [1.29, 1.82) is 0 Å². The van der Waals surface area contributed by atoms with E-state index in [0.717, 1.165) is 24.4 Å². The van der Waals surface area contributed by atoms with Crippen molar-refractivity contribution in [1.82, 2.24) is 30.2 Å². The van der Waals surface area contributed by atoms with Gasteiger partial charge in [-0.3, -0.25) is 4.79 Å². The van der Waals surface area contributed by atoms with Crippen LogP contribution in [-0.2, 0) is 11.2 Å². The van der Waals surface area contributed by atoms with Gasteiger partial charge in [0.25, 0.3) is 0 Å². The van der Waals surface area contributed by atoms with Crippen molar-refractivity contribution in [3.63, 3.8) is 0 Å². The molecule has 25 heavy (non-hydrogen) atoms. The average Bonchev–Trinajstić information content (AvgIpc) is 3.16. The first-order valence-corrected chi connectivity index (χ1v) is 8.42. The fraction of sp³-hybridized carbons (Fsp3) is 0.500. The Morgan fingerprint density at radius 1 is 1.28 bits per heavy atom. The standard InChI is InChI=1S/C16H21N7O2/c1-25-12-3-5-18-16(21-12)23-8-6-22(7-9-23)15(24)14-13-11(2-4-17-14)19-10-20-13/h3,5,10,14,17H,2,4,6-9H2,1H3,(H,19,20). The number of imidazole rings is 1. The molecule has 2 aliphatic heterocycles. The number of carbonyl (C=O) groups is 1. The van der Waals surface area contributed by atoms with Crippen LogP contribution in [-0.4, -0.2) is 70.6 Å².